The lowest BCUT2D eigenvalue weighted by Gasteiger charge is -2.21. The molecular weight excluding hydrogens is 1170 g/mol. The second-order valence-electron chi connectivity index (χ2n) is 26.7. The van der Waals surface area contributed by atoms with Gasteiger partial charge in [0.15, 0.2) is 12.2 Å². The minimum absolute atomic E-state index is 0.102. The normalized spacial score (nSPS) is 14.9. The second kappa shape index (κ2) is 59.8. The Balaban J connectivity index is 5.22. The Bertz CT molecular complexity index is 1770. The molecule has 0 aromatic carbocycles. The van der Waals surface area contributed by atoms with Crippen LogP contribution in [0.3, 0.4) is 0 Å². The number of unbranched alkanes of at least 4 members (excludes halogenated alkanes) is 31. The standard InChI is InChI=1S/C70H136O17P2/c1-9-62(7)48-40-32-26-28-35-43-51-68(73)81-57-65(86-69(74)52-44-36-25-19-17-15-13-11-12-14-16-18-22-30-38-46-60(3)4)58-84-88(76,77)82-54-64(71)55-83-89(78,79)85-59-66(87-70(75)53-45-37-29-27-33-41-49-63(8)10-2)56-80-67(72)50-42-34-24-21-20-23-31-39-47-61(5)6/h60-66,71H,9-59H2,1-8H3,(H,76,77)(H,78,79)/t62?,63?,64-,65+,66+/m0/s1. The fourth-order valence-corrected chi connectivity index (χ4v) is 12.0. The number of aliphatic hydroxyl groups excluding tert-OH is 1. The fourth-order valence-electron chi connectivity index (χ4n) is 10.4. The lowest BCUT2D eigenvalue weighted by atomic mass is 10.00. The molecule has 7 atom stereocenters. The van der Waals surface area contributed by atoms with Gasteiger partial charge in [0.1, 0.15) is 19.3 Å². The maximum absolute atomic E-state index is 13.0. The summed E-state index contributed by atoms with van der Waals surface area (Å²) >= 11 is 0. The molecule has 0 saturated carbocycles. The summed E-state index contributed by atoms with van der Waals surface area (Å²) in [6.07, 6.45) is 41.8. The van der Waals surface area contributed by atoms with E-state index in [9.17, 15) is 43.2 Å². The van der Waals surface area contributed by atoms with E-state index in [2.05, 4.69) is 55.4 Å². The van der Waals surface area contributed by atoms with Crippen molar-refractivity contribution in [2.75, 3.05) is 39.6 Å². The largest absolute Gasteiger partial charge is 0.472 e. The minimum Gasteiger partial charge on any atom is -0.462 e. The van der Waals surface area contributed by atoms with Crippen molar-refractivity contribution in [2.24, 2.45) is 23.7 Å². The first kappa shape index (κ1) is 87.1. The molecule has 19 heteroatoms. The van der Waals surface area contributed by atoms with Crippen molar-refractivity contribution >= 4 is 39.5 Å². The first-order valence-electron chi connectivity index (χ1n) is 36.3. The van der Waals surface area contributed by atoms with Crippen LogP contribution in [0.25, 0.3) is 0 Å². The van der Waals surface area contributed by atoms with Gasteiger partial charge < -0.3 is 33.8 Å². The number of ether oxygens (including phenoxy) is 4. The highest BCUT2D eigenvalue weighted by molar-refractivity contribution is 7.47. The van der Waals surface area contributed by atoms with Gasteiger partial charge in [0.05, 0.1) is 26.4 Å². The average molecular weight is 1310 g/mol. The number of hydrogen-bond donors (Lipinski definition) is 3. The van der Waals surface area contributed by atoms with Gasteiger partial charge in [-0.1, -0.05) is 293 Å². The Morgan fingerprint density at radius 2 is 0.539 bits per heavy atom. The maximum Gasteiger partial charge on any atom is 0.472 e. The number of carbonyl (C=O) groups is 4. The Kier molecular flexibility index (Phi) is 58.5. The Morgan fingerprint density at radius 3 is 0.798 bits per heavy atom. The molecule has 0 rings (SSSR count). The Morgan fingerprint density at radius 1 is 0.315 bits per heavy atom. The van der Waals surface area contributed by atoms with E-state index in [-0.39, 0.29) is 25.7 Å². The SMILES string of the molecule is CCC(C)CCCCCCCCC(=O)OC[C@H](COP(=O)(O)OC[C@H](O)COP(=O)(O)OC[C@@H](COC(=O)CCCCCCCCCCC(C)C)OC(=O)CCCCCCCCC(C)CC)OC(=O)CCCCCCCCCCCCCCCCCC(C)C. The van der Waals surface area contributed by atoms with Crippen LogP contribution in [0.15, 0.2) is 0 Å². The Labute approximate surface area is 543 Å². The molecule has 0 amide bonds. The van der Waals surface area contributed by atoms with Gasteiger partial charge in [0.25, 0.3) is 0 Å². The van der Waals surface area contributed by atoms with Crippen molar-refractivity contribution in [1.29, 1.82) is 0 Å². The first-order valence-corrected chi connectivity index (χ1v) is 39.3. The summed E-state index contributed by atoms with van der Waals surface area (Å²) in [4.78, 5) is 72.5. The number of phosphoric acid groups is 2. The van der Waals surface area contributed by atoms with Crippen LogP contribution in [0, 0.1) is 23.7 Å². The van der Waals surface area contributed by atoms with E-state index in [0.717, 1.165) is 120 Å². The molecule has 17 nitrogen and oxygen atoms in total. The molecule has 0 spiro atoms. The zero-order chi connectivity index (χ0) is 66.1. The van der Waals surface area contributed by atoms with E-state index >= 15 is 0 Å². The molecule has 3 N–H and O–H groups in total. The minimum atomic E-state index is -4.95. The molecule has 0 radical (unpaired) electrons. The quantitative estimate of drug-likeness (QED) is 0.0222. The van der Waals surface area contributed by atoms with Gasteiger partial charge in [-0.25, -0.2) is 9.13 Å². The third-order valence-electron chi connectivity index (χ3n) is 16.8. The predicted molar refractivity (Wildman–Crippen MR) is 358 cm³/mol. The average Bonchev–Trinajstić information content (AvgIpc) is 3.53. The van der Waals surface area contributed by atoms with Crippen LogP contribution in [0.2, 0.25) is 0 Å². The predicted octanol–water partition coefficient (Wildman–Crippen LogP) is 19.7. The summed E-state index contributed by atoms with van der Waals surface area (Å²) in [5.41, 5.74) is 0. The van der Waals surface area contributed by atoms with E-state index in [4.69, 9.17) is 37.0 Å². The highest BCUT2D eigenvalue weighted by Gasteiger charge is 2.30. The van der Waals surface area contributed by atoms with Crippen LogP contribution in [0.4, 0.5) is 0 Å². The molecule has 4 unspecified atom stereocenters. The van der Waals surface area contributed by atoms with Gasteiger partial charge in [-0.15, -0.1) is 0 Å². The lowest BCUT2D eigenvalue weighted by molar-refractivity contribution is -0.161. The number of carbonyl (C=O) groups excluding carboxylic acids is 4. The van der Waals surface area contributed by atoms with Crippen molar-refractivity contribution in [3.05, 3.63) is 0 Å². The molecule has 89 heavy (non-hydrogen) atoms. The van der Waals surface area contributed by atoms with Crippen LogP contribution >= 0.6 is 15.6 Å². The number of phosphoric ester groups is 2. The summed E-state index contributed by atoms with van der Waals surface area (Å²) in [6, 6.07) is 0. The Hall–Kier alpha value is -1.94. The molecule has 0 aliphatic heterocycles. The zero-order valence-electron chi connectivity index (χ0n) is 58.1. The molecule has 0 aliphatic carbocycles. The maximum atomic E-state index is 13.0. The van der Waals surface area contributed by atoms with Gasteiger partial charge in [-0.2, -0.15) is 0 Å². The lowest BCUT2D eigenvalue weighted by Crippen LogP contribution is -2.30. The third-order valence-corrected chi connectivity index (χ3v) is 18.7. The van der Waals surface area contributed by atoms with E-state index in [1.807, 2.05) is 0 Å². The molecule has 0 bridgehead atoms. The summed E-state index contributed by atoms with van der Waals surface area (Å²) < 4.78 is 68.2. The van der Waals surface area contributed by atoms with Gasteiger partial charge in [-0.05, 0) is 49.4 Å². The molecule has 0 aromatic rings. The third kappa shape index (κ3) is 62.0. The molecular formula is C70H136O17P2. The van der Waals surface area contributed by atoms with Crippen LogP contribution in [0.1, 0.15) is 344 Å². The highest BCUT2D eigenvalue weighted by atomic mass is 31.2. The summed E-state index contributed by atoms with van der Waals surface area (Å²) in [5, 5.41) is 10.6. The van der Waals surface area contributed by atoms with Crippen molar-refractivity contribution in [3.8, 4) is 0 Å². The molecule has 0 aromatic heterocycles. The fraction of sp³-hybridized carbons (Fsp3) is 0.943. The molecule has 0 saturated heterocycles. The topological polar surface area (TPSA) is 237 Å². The number of hydrogen-bond acceptors (Lipinski definition) is 15. The smallest absolute Gasteiger partial charge is 0.462 e. The first-order chi connectivity index (χ1) is 42.7. The van der Waals surface area contributed by atoms with E-state index in [0.29, 0.717) is 25.7 Å². The number of rotatable bonds is 67. The molecule has 0 aliphatic rings. The van der Waals surface area contributed by atoms with Crippen molar-refractivity contribution in [3.63, 3.8) is 0 Å². The van der Waals surface area contributed by atoms with Crippen LogP contribution in [-0.4, -0.2) is 96.7 Å². The van der Waals surface area contributed by atoms with Crippen LogP contribution in [-0.2, 0) is 65.4 Å². The summed E-state index contributed by atoms with van der Waals surface area (Å²) in [7, 11) is -9.90. The second-order valence-corrected chi connectivity index (χ2v) is 29.6. The highest BCUT2D eigenvalue weighted by Crippen LogP contribution is 2.45. The monoisotopic (exact) mass is 1310 g/mol. The summed E-state index contributed by atoms with van der Waals surface area (Å²) in [5.74, 6) is 0.846. The van der Waals surface area contributed by atoms with Crippen molar-refractivity contribution in [1.82, 2.24) is 0 Å². The van der Waals surface area contributed by atoms with Crippen molar-refractivity contribution in [2.45, 2.75) is 363 Å². The molecule has 0 heterocycles. The van der Waals surface area contributed by atoms with Crippen LogP contribution < -0.4 is 0 Å². The van der Waals surface area contributed by atoms with Gasteiger partial charge in [0.2, 0.25) is 0 Å². The van der Waals surface area contributed by atoms with Gasteiger partial charge in [-0.3, -0.25) is 37.3 Å². The van der Waals surface area contributed by atoms with Crippen LogP contribution in [0.5, 0.6) is 0 Å². The molecule has 528 valence electrons. The summed E-state index contributed by atoms with van der Waals surface area (Å²) in [6.45, 7) is 14.0. The van der Waals surface area contributed by atoms with Crippen molar-refractivity contribution < 1.29 is 80.2 Å². The van der Waals surface area contributed by atoms with E-state index < -0.39 is 97.5 Å². The zero-order valence-corrected chi connectivity index (χ0v) is 59.8. The van der Waals surface area contributed by atoms with E-state index in [1.165, 1.54) is 141 Å². The van der Waals surface area contributed by atoms with Gasteiger partial charge in [0, 0.05) is 25.7 Å². The van der Waals surface area contributed by atoms with Gasteiger partial charge >= 0.3 is 39.5 Å². The molecule has 0 fully saturated rings. The number of esters is 4. The number of aliphatic hydroxyl groups is 1. The van der Waals surface area contributed by atoms with E-state index in [1.54, 1.807) is 0 Å².